The SMILES string of the molecule is CC1(C)CC[C@]2(CNC[C@H]2C(=O)N2CCC(c3ccccc3)CC2)c2ccccc21. The molecule has 158 valence electrons. The summed E-state index contributed by atoms with van der Waals surface area (Å²) in [5, 5.41) is 3.61. The van der Waals surface area contributed by atoms with Crippen molar-refractivity contribution in [1.29, 1.82) is 0 Å². The molecule has 2 aromatic rings. The molecule has 2 heterocycles. The topological polar surface area (TPSA) is 32.3 Å². The second kappa shape index (κ2) is 7.53. The average molecular weight is 403 g/mol. The van der Waals surface area contributed by atoms with E-state index < -0.39 is 0 Å². The molecule has 0 unspecified atom stereocenters. The molecule has 2 aromatic carbocycles. The van der Waals surface area contributed by atoms with Crippen molar-refractivity contribution in [3.8, 4) is 0 Å². The molecule has 2 atom stereocenters. The number of amides is 1. The Hall–Kier alpha value is -2.13. The largest absolute Gasteiger partial charge is 0.342 e. The minimum atomic E-state index is -0.0422. The fraction of sp³-hybridized carbons (Fsp3) is 0.519. The first-order valence-electron chi connectivity index (χ1n) is 11.7. The summed E-state index contributed by atoms with van der Waals surface area (Å²) in [5.74, 6) is 1.02. The fourth-order valence-corrected chi connectivity index (χ4v) is 6.32. The van der Waals surface area contributed by atoms with E-state index in [4.69, 9.17) is 0 Å². The van der Waals surface area contributed by atoms with Crippen molar-refractivity contribution in [2.75, 3.05) is 26.2 Å². The van der Waals surface area contributed by atoms with Crippen LogP contribution in [0.1, 0.15) is 62.1 Å². The molecule has 1 spiro atoms. The van der Waals surface area contributed by atoms with Gasteiger partial charge in [-0.05, 0) is 53.7 Å². The lowest BCUT2D eigenvalue weighted by atomic mass is 9.58. The minimum absolute atomic E-state index is 0.0422. The third kappa shape index (κ3) is 3.19. The number of nitrogens with one attached hydrogen (secondary N) is 1. The van der Waals surface area contributed by atoms with Crippen LogP contribution in [0, 0.1) is 5.92 Å². The van der Waals surface area contributed by atoms with Crippen molar-refractivity contribution in [3.63, 3.8) is 0 Å². The Morgan fingerprint density at radius 3 is 2.33 bits per heavy atom. The normalized spacial score (nSPS) is 28.5. The van der Waals surface area contributed by atoms with Crippen molar-refractivity contribution in [2.24, 2.45) is 5.92 Å². The molecule has 3 heteroatoms. The fourth-order valence-electron chi connectivity index (χ4n) is 6.32. The minimum Gasteiger partial charge on any atom is -0.342 e. The maximum absolute atomic E-state index is 13.8. The molecule has 2 saturated heterocycles. The zero-order valence-corrected chi connectivity index (χ0v) is 18.4. The van der Waals surface area contributed by atoms with Gasteiger partial charge >= 0.3 is 0 Å². The second-order valence-corrected chi connectivity index (χ2v) is 10.3. The molecule has 0 bridgehead atoms. The number of hydrogen-bond donors (Lipinski definition) is 1. The Kier molecular flexibility index (Phi) is 4.97. The molecule has 3 nitrogen and oxygen atoms in total. The zero-order chi connectivity index (χ0) is 20.8. The Morgan fingerprint density at radius 1 is 0.933 bits per heavy atom. The molecule has 0 aromatic heterocycles. The maximum atomic E-state index is 13.8. The number of carbonyl (C=O) groups is 1. The van der Waals surface area contributed by atoms with E-state index in [0.717, 1.165) is 51.9 Å². The number of carbonyl (C=O) groups excluding carboxylic acids is 1. The highest BCUT2D eigenvalue weighted by molar-refractivity contribution is 5.82. The van der Waals surface area contributed by atoms with Gasteiger partial charge in [-0.1, -0.05) is 68.4 Å². The van der Waals surface area contributed by atoms with Crippen molar-refractivity contribution in [2.45, 2.75) is 56.3 Å². The maximum Gasteiger partial charge on any atom is 0.227 e. The lowest BCUT2D eigenvalue weighted by molar-refractivity contribution is -0.138. The predicted octanol–water partition coefficient (Wildman–Crippen LogP) is 4.62. The summed E-state index contributed by atoms with van der Waals surface area (Å²) in [6, 6.07) is 19.7. The van der Waals surface area contributed by atoms with Gasteiger partial charge in [0.05, 0.1) is 5.92 Å². The zero-order valence-electron chi connectivity index (χ0n) is 18.4. The van der Waals surface area contributed by atoms with Gasteiger partial charge < -0.3 is 10.2 Å². The van der Waals surface area contributed by atoms with Crippen molar-refractivity contribution in [3.05, 3.63) is 71.3 Å². The molecule has 1 aliphatic carbocycles. The summed E-state index contributed by atoms with van der Waals surface area (Å²) in [7, 11) is 0. The van der Waals surface area contributed by atoms with Crippen LogP contribution in [0.3, 0.4) is 0 Å². The highest BCUT2D eigenvalue weighted by Gasteiger charge is 2.53. The number of piperidine rings is 1. The molecule has 2 aliphatic heterocycles. The lowest BCUT2D eigenvalue weighted by Gasteiger charge is -2.47. The van der Waals surface area contributed by atoms with Gasteiger partial charge in [0.2, 0.25) is 5.91 Å². The third-order valence-electron chi connectivity index (χ3n) is 8.22. The van der Waals surface area contributed by atoms with E-state index in [1.807, 2.05) is 0 Å². The number of rotatable bonds is 2. The van der Waals surface area contributed by atoms with Crippen molar-refractivity contribution in [1.82, 2.24) is 10.2 Å². The first-order valence-corrected chi connectivity index (χ1v) is 11.7. The van der Waals surface area contributed by atoms with E-state index >= 15 is 0 Å². The highest BCUT2D eigenvalue weighted by Crippen LogP contribution is 2.51. The Balaban J connectivity index is 1.37. The molecule has 1 N–H and O–H groups in total. The summed E-state index contributed by atoms with van der Waals surface area (Å²) in [5.41, 5.74) is 4.43. The number of hydrogen-bond acceptors (Lipinski definition) is 2. The number of likely N-dealkylation sites (tertiary alicyclic amines) is 1. The van der Waals surface area contributed by atoms with E-state index in [1.165, 1.54) is 16.7 Å². The quantitative estimate of drug-likeness (QED) is 0.795. The van der Waals surface area contributed by atoms with Crippen LogP contribution in [0.4, 0.5) is 0 Å². The van der Waals surface area contributed by atoms with Gasteiger partial charge in [-0.3, -0.25) is 4.79 Å². The summed E-state index contributed by atoms with van der Waals surface area (Å²) in [6.07, 6.45) is 4.39. The first-order chi connectivity index (χ1) is 14.5. The highest BCUT2D eigenvalue weighted by atomic mass is 16.2. The molecule has 0 saturated carbocycles. The van der Waals surface area contributed by atoms with Gasteiger partial charge in [0, 0.05) is 31.6 Å². The van der Waals surface area contributed by atoms with Gasteiger partial charge in [-0.25, -0.2) is 0 Å². The van der Waals surface area contributed by atoms with E-state index in [0.29, 0.717) is 11.8 Å². The van der Waals surface area contributed by atoms with Crippen LogP contribution in [-0.2, 0) is 15.6 Å². The van der Waals surface area contributed by atoms with Crippen LogP contribution in [0.2, 0.25) is 0 Å². The molecule has 0 radical (unpaired) electrons. The molecular formula is C27H34N2O. The monoisotopic (exact) mass is 402 g/mol. The average Bonchev–Trinajstić information content (AvgIpc) is 3.22. The smallest absolute Gasteiger partial charge is 0.227 e. The van der Waals surface area contributed by atoms with Gasteiger partial charge in [0.15, 0.2) is 0 Å². The van der Waals surface area contributed by atoms with Gasteiger partial charge in [0.25, 0.3) is 0 Å². The van der Waals surface area contributed by atoms with Crippen LogP contribution < -0.4 is 5.32 Å². The molecule has 2 fully saturated rings. The molecule has 5 rings (SSSR count). The van der Waals surface area contributed by atoms with Gasteiger partial charge in [-0.2, -0.15) is 0 Å². The van der Waals surface area contributed by atoms with Crippen LogP contribution in [-0.4, -0.2) is 37.0 Å². The number of benzene rings is 2. The predicted molar refractivity (Wildman–Crippen MR) is 122 cm³/mol. The second-order valence-electron chi connectivity index (χ2n) is 10.3. The Morgan fingerprint density at radius 2 is 1.60 bits per heavy atom. The van der Waals surface area contributed by atoms with Gasteiger partial charge in [-0.15, -0.1) is 0 Å². The Labute approximate surface area is 180 Å². The summed E-state index contributed by atoms with van der Waals surface area (Å²) in [4.78, 5) is 15.9. The van der Waals surface area contributed by atoms with Crippen LogP contribution in [0.15, 0.2) is 54.6 Å². The lowest BCUT2D eigenvalue weighted by Crippen LogP contribution is -2.51. The van der Waals surface area contributed by atoms with Crippen LogP contribution >= 0.6 is 0 Å². The number of fused-ring (bicyclic) bond motifs is 2. The molecule has 1 amide bonds. The molecular weight excluding hydrogens is 368 g/mol. The Bertz CT molecular complexity index is 913. The summed E-state index contributed by atoms with van der Waals surface area (Å²) >= 11 is 0. The molecule has 30 heavy (non-hydrogen) atoms. The first kappa shape index (κ1) is 19.8. The standard InChI is InChI=1S/C27H34N2O/c1-26(2)14-15-27(23-11-7-6-10-22(23)26)19-28-18-24(27)25(30)29-16-12-21(13-17-29)20-8-4-3-5-9-20/h3-11,21,24,28H,12-19H2,1-2H3/t24-,27-/m0/s1. The third-order valence-corrected chi connectivity index (χ3v) is 8.22. The van der Waals surface area contributed by atoms with Crippen molar-refractivity contribution >= 4 is 5.91 Å². The molecule has 3 aliphatic rings. The summed E-state index contributed by atoms with van der Waals surface area (Å²) in [6.45, 7) is 8.22. The number of nitrogens with zero attached hydrogens (tertiary/aromatic N) is 1. The van der Waals surface area contributed by atoms with E-state index in [2.05, 4.69) is 78.7 Å². The van der Waals surface area contributed by atoms with Crippen LogP contribution in [0.25, 0.3) is 0 Å². The van der Waals surface area contributed by atoms with Gasteiger partial charge in [0.1, 0.15) is 0 Å². The van der Waals surface area contributed by atoms with E-state index in [9.17, 15) is 4.79 Å². The van der Waals surface area contributed by atoms with Crippen LogP contribution in [0.5, 0.6) is 0 Å². The van der Waals surface area contributed by atoms with E-state index in [1.54, 1.807) is 0 Å². The van der Waals surface area contributed by atoms with E-state index in [-0.39, 0.29) is 16.7 Å². The summed E-state index contributed by atoms with van der Waals surface area (Å²) < 4.78 is 0. The van der Waals surface area contributed by atoms with Crippen molar-refractivity contribution < 1.29 is 4.79 Å².